The number of ketones is 2. The van der Waals surface area contributed by atoms with Crippen LogP contribution in [0.4, 0.5) is 0 Å². The first-order chi connectivity index (χ1) is 16.3. The van der Waals surface area contributed by atoms with Gasteiger partial charge in [-0.05, 0) is 12.5 Å². The molecule has 1 unspecified atom stereocenters. The summed E-state index contributed by atoms with van der Waals surface area (Å²) in [5.41, 5.74) is -4.95. The lowest BCUT2D eigenvalue weighted by Crippen LogP contribution is -2.55. The number of hydrogen-bond acceptors (Lipinski definition) is 12. The van der Waals surface area contributed by atoms with Crippen molar-refractivity contribution < 1.29 is 65.1 Å². The molecule has 1 aliphatic carbocycles. The Morgan fingerprint density at radius 2 is 1.46 bits per heavy atom. The van der Waals surface area contributed by atoms with E-state index in [1.54, 1.807) is 0 Å². The molecule has 2 aromatic rings. The first-order valence-electron chi connectivity index (χ1n) is 10.2. The summed E-state index contributed by atoms with van der Waals surface area (Å²) in [4.78, 5) is 38.9. The van der Waals surface area contributed by atoms with Gasteiger partial charge in [0.25, 0.3) is 0 Å². The van der Waals surface area contributed by atoms with E-state index in [4.69, 9.17) is 4.74 Å². The van der Waals surface area contributed by atoms with Crippen molar-refractivity contribution in [2.24, 2.45) is 0 Å². The summed E-state index contributed by atoms with van der Waals surface area (Å²) in [6.45, 7) is 0.215. The first-order valence-corrected chi connectivity index (χ1v) is 10.2. The van der Waals surface area contributed by atoms with E-state index in [0.717, 1.165) is 6.92 Å². The van der Waals surface area contributed by atoms with Crippen LogP contribution in [0.1, 0.15) is 59.4 Å². The van der Waals surface area contributed by atoms with Crippen LogP contribution < -0.4 is 0 Å². The Morgan fingerprint density at radius 1 is 0.857 bits per heavy atom. The van der Waals surface area contributed by atoms with Gasteiger partial charge in [-0.2, -0.15) is 0 Å². The molecule has 5 atom stereocenters. The van der Waals surface area contributed by atoms with Gasteiger partial charge >= 0.3 is 5.97 Å². The molecular formula is C22H20O13. The summed E-state index contributed by atoms with van der Waals surface area (Å²) in [6.07, 6.45) is -9.36. The lowest BCUT2D eigenvalue weighted by atomic mass is 9.75. The average molecular weight is 492 g/mol. The number of benzene rings is 2. The van der Waals surface area contributed by atoms with Gasteiger partial charge in [-0.1, -0.05) is 0 Å². The van der Waals surface area contributed by atoms with Gasteiger partial charge in [0.15, 0.2) is 23.1 Å². The largest absolute Gasteiger partial charge is 0.507 e. The molecule has 1 aliphatic heterocycles. The Bertz CT molecular complexity index is 1300. The van der Waals surface area contributed by atoms with Crippen LogP contribution in [0.3, 0.4) is 0 Å². The SMILES string of the molecule is Cc1c(C(=O)O)c(O)c(C2O[C@H](CO)[C@@H](O)[C@H](O)[C@H]2O)c2c1C(=O)c1c(O)cc(O)c(O)c1C2=O. The Balaban J connectivity index is 2.12. The molecule has 0 aromatic heterocycles. The third-order valence-corrected chi connectivity index (χ3v) is 6.32. The normalized spacial score (nSPS) is 25.8. The van der Waals surface area contributed by atoms with Crippen LogP contribution in [0.2, 0.25) is 0 Å². The van der Waals surface area contributed by atoms with Gasteiger partial charge in [0, 0.05) is 22.8 Å². The van der Waals surface area contributed by atoms with Gasteiger partial charge < -0.3 is 50.7 Å². The van der Waals surface area contributed by atoms with Crippen LogP contribution in [0, 0.1) is 6.92 Å². The molecule has 1 fully saturated rings. The van der Waals surface area contributed by atoms with Crippen LogP contribution in [0.15, 0.2) is 6.07 Å². The smallest absolute Gasteiger partial charge is 0.339 e. The summed E-state index contributed by atoms with van der Waals surface area (Å²) >= 11 is 0. The predicted octanol–water partition coefficient (Wildman–Crippen LogP) is -1.19. The number of carbonyl (C=O) groups excluding carboxylic acids is 2. The van der Waals surface area contributed by atoms with E-state index in [0.29, 0.717) is 6.07 Å². The van der Waals surface area contributed by atoms with Gasteiger partial charge in [-0.25, -0.2) is 4.79 Å². The number of aliphatic hydroxyl groups is 4. The van der Waals surface area contributed by atoms with Crippen molar-refractivity contribution in [2.75, 3.05) is 6.61 Å². The predicted molar refractivity (Wildman–Crippen MR) is 111 cm³/mol. The molecule has 9 N–H and O–H groups in total. The van der Waals surface area contributed by atoms with Gasteiger partial charge in [0.1, 0.15) is 47.6 Å². The van der Waals surface area contributed by atoms with Crippen molar-refractivity contribution in [1.29, 1.82) is 0 Å². The van der Waals surface area contributed by atoms with Crippen LogP contribution in [-0.2, 0) is 4.74 Å². The molecule has 1 heterocycles. The highest BCUT2D eigenvalue weighted by Gasteiger charge is 2.49. The highest BCUT2D eigenvalue weighted by atomic mass is 16.5. The van der Waals surface area contributed by atoms with E-state index in [2.05, 4.69) is 0 Å². The third-order valence-electron chi connectivity index (χ3n) is 6.32. The molecule has 13 heteroatoms. The van der Waals surface area contributed by atoms with Gasteiger partial charge in [-0.15, -0.1) is 0 Å². The van der Waals surface area contributed by atoms with Crippen molar-refractivity contribution in [2.45, 2.75) is 37.4 Å². The number of fused-ring (bicyclic) bond motifs is 2. The van der Waals surface area contributed by atoms with Gasteiger partial charge in [-0.3, -0.25) is 9.59 Å². The number of ether oxygens (including phenoxy) is 1. The summed E-state index contributed by atoms with van der Waals surface area (Å²) in [7, 11) is 0. The second kappa shape index (κ2) is 8.18. The second-order valence-electron chi connectivity index (χ2n) is 8.24. The van der Waals surface area contributed by atoms with Crippen LogP contribution >= 0.6 is 0 Å². The van der Waals surface area contributed by atoms with E-state index in [1.807, 2.05) is 0 Å². The first kappa shape index (κ1) is 24.4. The molecule has 2 aliphatic rings. The van der Waals surface area contributed by atoms with Crippen molar-refractivity contribution in [3.63, 3.8) is 0 Å². The van der Waals surface area contributed by atoms with Crippen molar-refractivity contribution in [3.05, 3.63) is 45.0 Å². The van der Waals surface area contributed by atoms with E-state index in [1.165, 1.54) is 0 Å². The molecule has 0 bridgehead atoms. The van der Waals surface area contributed by atoms with E-state index in [9.17, 15) is 60.3 Å². The van der Waals surface area contributed by atoms with Crippen molar-refractivity contribution in [3.8, 4) is 23.0 Å². The maximum atomic E-state index is 13.5. The number of aromatic carboxylic acids is 1. The Hall–Kier alpha value is -3.75. The minimum Gasteiger partial charge on any atom is -0.507 e. The molecule has 0 amide bonds. The van der Waals surface area contributed by atoms with Crippen LogP contribution in [0.25, 0.3) is 0 Å². The van der Waals surface area contributed by atoms with Crippen molar-refractivity contribution in [1.82, 2.24) is 0 Å². The molecule has 0 saturated carbocycles. The van der Waals surface area contributed by atoms with Gasteiger partial charge in [0.05, 0.1) is 17.7 Å². The zero-order valence-electron chi connectivity index (χ0n) is 17.8. The average Bonchev–Trinajstić information content (AvgIpc) is 2.78. The molecule has 0 radical (unpaired) electrons. The molecular weight excluding hydrogens is 472 g/mol. The van der Waals surface area contributed by atoms with Crippen molar-refractivity contribution >= 4 is 17.5 Å². The number of phenolic OH excluding ortho intramolecular Hbond substituents is 3. The fraction of sp³-hybridized carbons (Fsp3) is 0.318. The quantitative estimate of drug-likeness (QED) is 0.154. The summed E-state index contributed by atoms with van der Waals surface area (Å²) < 4.78 is 5.40. The molecule has 35 heavy (non-hydrogen) atoms. The number of carbonyl (C=O) groups is 3. The lowest BCUT2D eigenvalue weighted by Gasteiger charge is -2.41. The number of carboxylic acid groups (broad SMARTS) is 1. The number of phenols is 4. The molecule has 186 valence electrons. The molecule has 2 aromatic carbocycles. The Kier molecular flexibility index (Phi) is 5.70. The second-order valence-corrected chi connectivity index (χ2v) is 8.24. The Morgan fingerprint density at radius 3 is 2.03 bits per heavy atom. The molecule has 4 rings (SSSR count). The molecule has 0 spiro atoms. The zero-order valence-corrected chi connectivity index (χ0v) is 17.8. The maximum absolute atomic E-state index is 13.5. The molecule has 1 saturated heterocycles. The van der Waals surface area contributed by atoms with E-state index >= 15 is 0 Å². The minimum absolute atomic E-state index is 0.394. The topological polar surface area (TPSA) is 243 Å². The summed E-state index contributed by atoms with van der Waals surface area (Å²) in [5, 5.41) is 91.4. The highest BCUT2D eigenvalue weighted by molar-refractivity contribution is 6.32. The number of rotatable bonds is 3. The number of aliphatic hydroxyl groups excluding tert-OH is 4. The number of aromatic hydroxyl groups is 4. The van der Waals surface area contributed by atoms with Crippen LogP contribution in [-0.4, -0.2) is 94.5 Å². The third kappa shape index (κ3) is 3.25. The van der Waals surface area contributed by atoms with E-state index in [-0.39, 0.29) is 0 Å². The fourth-order valence-electron chi connectivity index (χ4n) is 4.62. The lowest BCUT2D eigenvalue weighted by molar-refractivity contribution is -0.232. The zero-order chi connectivity index (χ0) is 26.1. The van der Waals surface area contributed by atoms with Gasteiger partial charge in [0.2, 0.25) is 0 Å². The standard InChI is InChI=1S/C22H20O13/c1-4-8-11(18(30)12-10(16(8)28)5(24)2-6(25)14(12)26)13(17(29)9(4)22(33)34)21-20(32)19(31)15(27)7(3-23)35-21/h2,7,15,19-21,23-27,29,31-32H,3H2,1H3,(H,33,34)/t7-,15-,19+,20-,21?/m1/s1. The monoisotopic (exact) mass is 492 g/mol. The van der Waals surface area contributed by atoms with E-state index < -0.39 is 117 Å². The molecule has 13 nitrogen and oxygen atoms in total. The summed E-state index contributed by atoms with van der Waals surface area (Å²) in [6, 6.07) is 0.608. The fourth-order valence-corrected chi connectivity index (χ4v) is 4.62. The minimum atomic E-state index is -2.08. The number of carboxylic acids is 1. The van der Waals surface area contributed by atoms with Crippen LogP contribution in [0.5, 0.6) is 23.0 Å². The number of hydrogen-bond donors (Lipinski definition) is 9. The summed E-state index contributed by atoms with van der Waals surface area (Å²) in [5.74, 6) is -8.18. The Labute approximate surface area is 195 Å². The highest BCUT2D eigenvalue weighted by Crippen LogP contribution is 2.49. The maximum Gasteiger partial charge on any atom is 0.339 e.